The smallest absolute Gasteiger partial charge is 0.133 e. The maximum Gasteiger partial charge on any atom is 0.133 e. The van der Waals surface area contributed by atoms with Crippen molar-refractivity contribution in [1.29, 1.82) is 0 Å². The Morgan fingerprint density at radius 1 is 1.50 bits per heavy atom. The van der Waals surface area contributed by atoms with Gasteiger partial charge in [0.05, 0.1) is 6.20 Å². The number of pyridine rings is 1. The minimum absolute atomic E-state index is 0.123. The van der Waals surface area contributed by atoms with Crippen LogP contribution < -0.4 is 5.32 Å². The van der Waals surface area contributed by atoms with Crippen LogP contribution in [0.3, 0.4) is 0 Å². The van der Waals surface area contributed by atoms with Crippen molar-refractivity contribution >= 4 is 0 Å². The van der Waals surface area contributed by atoms with Gasteiger partial charge in [0.15, 0.2) is 0 Å². The predicted octanol–water partition coefficient (Wildman–Crippen LogP) is 1.20. The fourth-order valence-electron chi connectivity index (χ4n) is 1.77. The molecular formula is C10H13FN2O. The molecule has 3 nitrogen and oxygen atoms in total. The van der Waals surface area contributed by atoms with Gasteiger partial charge in [-0.05, 0) is 25.1 Å². The Labute approximate surface area is 82.0 Å². The number of aromatic nitrogens is 1. The fraction of sp³-hybridized carbons (Fsp3) is 0.500. The topological polar surface area (TPSA) is 45.1 Å². The van der Waals surface area contributed by atoms with Gasteiger partial charge in [-0.15, -0.1) is 0 Å². The molecule has 76 valence electrons. The molecule has 14 heavy (non-hydrogen) atoms. The first-order chi connectivity index (χ1) is 6.77. The van der Waals surface area contributed by atoms with Crippen LogP contribution in [0.15, 0.2) is 18.3 Å². The zero-order valence-electron chi connectivity index (χ0n) is 7.78. The molecule has 0 radical (unpaired) electrons. The highest BCUT2D eigenvalue weighted by Crippen LogP contribution is 2.26. The molecule has 1 saturated heterocycles. The molecule has 2 rings (SSSR count). The summed E-state index contributed by atoms with van der Waals surface area (Å²) >= 11 is 0. The van der Waals surface area contributed by atoms with Crippen molar-refractivity contribution in [1.82, 2.24) is 10.3 Å². The number of hydrogen-bond acceptors (Lipinski definition) is 3. The average Bonchev–Trinajstić information content (AvgIpc) is 2.20. The average molecular weight is 196 g/mol. The van der Waals surface area contributed by atoms with Crippen LogP contribution in [0.2, 0.25) is 0 Å². The molecule has 2 N–H and O–H groups in total. The molecule has 0 aromatic carbocycles. The molecule has 0 saturated carbocycles. The summed E-state index contributed by atoms with van der Waals surface area (Å²) in [6.45, 7) is 1.22. The first kappa shape index (κ1) is 9.40. The molecule has 2 heterocycles. The Bertz CT molecular complexity index is 301. The van der Waals surface area contributed by atoms with Gasteiger partial charge in [-0.3, -0.25) is 4.98 Å². The van der Waals surface area contributed by atoms with Gasteiger partial charge in [0, 0.05) is 18.2 Å². The van der Waals surface area contributed by atoms with Gasteiger partial charge in [-0.2, -0.15) is 0 Å². The Morgan fingerprint density at radius 2 is 2.36 bits per heavy atom. The van der Waals surface area contributed by atoms with Crippen LogP contribution >= 0.6 is 0 Å². The van der Waals surface area contributed by atoms with Gasteiger partial charge < -0.3 is 10.4 Å². The number of piperidine rings is 1. The van der Waals surface area contributed by atoms with Gasteiger partial charge >= 0.3 is 0 Å². The second-order valence-corrected chi connectivity index (χ2v) is 3.56. The predicted molar refractivity (Wildman–Crippen MR) is 51.0 cm³/mol. The number of alkyl halides is 1. The summed E-state index contributed by atoms with van der Waals surface area (Å²) in [6.07, 6.45) is 1.25. The van der Waals surface area contributed by atoms with E-state index < -0.39 is 6.17 Å². The Morgan fingerprint density at radius 3 is 3.00 bits per heavy atom. The first-order valence-corrected chi connectivity index (χ1v) is 4.77. The van der Waals surface area contributed by atoms with Crippen molar-refractivity contribution in [3.63, 3.8) is 0 Å². The second kappa shape index (κ2) is 3.92. The van der Waals surface area contributed by atoms with Crippen molar-refractivity contribution in [2.75, 3.05) is 13.1 Å². The summed E-state index contributed by atoms with van der Waals surface area (Å²) in [5, 5.41) is 12.0. The molecule has 0 amide bonds. The highest BCUT2D eigenvalue weighted by atomic mass is 19.1. The van der Waals surface area contributed by atoms with E-state index in [0.717, 1.165) is 18.7 Å². The molecule has 2 unspecified atom stereocenters. The maximum absolute atomic E-state index is 13.5. The number of halogens is 1. The summed E-state index contributed by atoms with van der Waals surface area (Å²) in [4.78, 5) is 4.03. The van der Waals surface area contributed by atoms with Crippen molar-refractivity contribution in [2.24, 2.45) is 0 Å². The minimum atomic E-state index is -0.874. The number of nitrogens with one attached hydrogen (secondary N) is 1. The quantitative estimate of drug-likeness (QED) is 0.709. The molecule has 0 spiro atoms. The van der Waals surface area contributed by atoms with E-state index in [0.29, 0.717) is 6.54 Å². The molecule has 1 aliphatic heterocycles. The normalized spacial score (nSPS) is 27.5. The lowest BCUT2D eigenvalue weighted by atomic mass is 9.92. The van der Waals surface area contributed by atoms with Crippen LogP contribution in [0, 0.1) is 0 Å². The Kier molecular flexibility index (Phi) is 2.63. The summed E-state index contributed by atoms with van der Waals surface area (Å²) in [7, 11) is 0. The molecule has 1 aromatic rings. The molecular weight excluding hydrogens is 183 g/mol. The Hall–Kier alpha value is -1.16. The van der Waals surface area contributed by atoms with Crippen LogP contribution in [-0.4, -0.2) is 29.4 Å². The zero-order chi connectivity index (χ0) is 9.97. The monoisotopic (exact) mass is 196 g/mol. The SMILES string of the molecule is Oc1ccc(C2CCNCC2F)nc1. The van der Waals surface area contributed by atoms with Crippen molar-refractivity contribution in [2.45, 2.75) is 18.5 Å². The Balaban J connectivity index is 2.16. The number of rotatable bonds is 1. The zero-order valence-corrected chi connectivity index (χ0v) is 7.78. The second-order valence-electron chi connectivity index (χ2n) is 3.56. The van der Waals surface area contributed by atoms with Gasteiger partial charge in [0.1, 0.15) is 11.9 Å². The third-order valence-corrected chi connectivity index (χ3v) is 2.56. The number of hydrogen-bond donors (Lipinski definition) is 2. The summed E-state index contributed by atoms with van der Waals surface area (Å²) in [6, 6.07) is 3.25. The largest absolute Gasteiger partial charge is 0.506 e. The van der Waals surface area contributed by atoms with E-state index in [1.165, 1.54) is 6.20 Å². The van der Waals surface area contributed by atoms with E-state index in [1.807, 2.05) is 0 Å². The minimum Gasteiger partial charge on any atom is -0.506 e. The summed E-state index contributed by atoms with van der Waals surface area (Å²) < 4.78 is 13.5. The third kappa shape index (κ3) is 1.85. The van der Waals surface area contributed by atoms with Crippen LogP contribution in [0.5, 0.6) is 5.75 Å². The summed E-state index contributed by atoms with van der Waals surface area (Å²) in [5.74, 6) is -0.00468. The van der Waals surface area contributed by atoms with E-state index in [9.17, 15) is 4.39 Å². The third-order valence-electron chi connectivity index (χ3n) is 2.56. The van der Waals surface area contributed by atoms with Gasteiger partial charge in [-0.25, -0.2) is 4.39 Å². The lowest BCUT2D eigenvalue weighted by Crippen LogP contribution is -2.36. The first-order valence-electron chi connectivity index (χ1n) is 4.77. The van der Waals surface area contributed by atoms with Gasteiger partial charge in [0.2, 0.25) is 0 Å². The van der Waals surface area contributed by atoms with E-state index >= 15 is 0 Å². The van der Waals surface area contributed by atoms with Crippen LogP contribution in [-0.2, 0) is 0 Å². The van der Waals surface area contributed by atoms with Crippen LogP contribution in [0.4, 0.5) is 4.39 Å². The standard InChI is InChI=1S/C10H13FN2O/c11-9-6-12-4-3-8(9)10-2-1-7(14)5-13-10/h1-2,5,8-9,12,14H,3-4,6H2. The lowest BCUT2D eigenvalue weighted by Gasteiger charge is -2.26. The highest BCUT2D eigenvalue weighted by molar-refractivity contribution is 5.21. The molecule has 1 fully saturated rings. The fourth-order valence-corrected chi connectivity index (χ4v) is 1.77. The molecule has 1 aliphatic rings. The van der Waals surface area contributed by atoms with Gasteiger partial charge in [-0.1, -0.05) is 0 Å². The van der Waals surface area contributed by atoms with Crippen molar-refractivity contribution < 1.29 is 9.50 Å². The molecule has 4 heteroatoms. The van der Waals surface area contributed by atoms with Crippen LogP contribution in [0.1, 0.15) is 18.0 Å². The molecule has 0 aliphatic carbocycles. The van der Waals surface area contributed by atoms with E-state index in [4.69, 9.17) is 5.11 Å². The van der Waals surface area contributed by atoms with Gasteiger partial charge in [0.25, 0.3) is 0 Å². The number of aromatic hydroxyl groups is 1. The van der Waals surface area contributed by atoms with E-state index in [-0.39, 0.29) is 11.7 Å². The number of nitrogens with zero attached hydrogens (tertiary/aromatic N) is 1. The van der Waals surface area contributed by atoms with Crippen molar-refractivity contribution in [3.05, 3.63) is 24.0 Å². The molecule has 2 atom stereocenters. The summed E-state index contributed by atoms with van der Waals surface area (Å²) in [5.41, 5.74) is 0.733. The van der Waals surface area contributed by atoms with Crippen LogP contribution in [0.25, 0.3) is 0 Å². The van der Waals surface area contributed by atoms with E-state index in [2.05, 4.69) is 10.3 Å². The van der Waals surface area contributed by atoms with Crippen molar-refractivity contribution in [3.8, 4) is 5.75 Å². The molecule has 1 aromatic heterocycles. The molecule has 0 bridgehead atoms. The highest BCUT2D eigenvalue weighted by Gasteiger charge is 2.26. The maximum atomic E-state index is 13.5. The van der Waals surface area contributed by atoms with E-state index in [1.54, 1.807) is 12.1 Å². The lowest BCUT2D eigenvalue weighted by molar-refractivity contribution is 0.228.